The third kappa shape index (κ3) is 4.76. The first kappa shape index (κ1) is 25.2. The van der Waals surface area contributed by atoms with Gasteiger partial charge in [-0.05, 0) is 36.8 Å². The molecule has 5 nitrogen and oxygen atoms in total. The van der Waals surface area contributed by atoms with Crippen LogP contribution in [0.3, 0.4) is 0 Å². The minimum absolute atomic E-state index is 0.0171. The summed E-state index contributed by atoms with van der Waals surface area (Å²) < 4.78 is 37.2. The maximum atomic E-state index is 15.7. The third-order valence-corrected chi connectivity index (χ3v) is 7.96. The van der Waals surface area contributed by atoms with E-state index in [-0.39, 0.29) is 29.9 Å². The number of ether oxygens (including phenoxy) is 1. The molecule has 7 heteroatoms. The number of aromatic amines is 1. The molecule has 5 rings (SSSR count). The number of hydrogen-bond acceptors (Lipinski definition) is 4. The Morgan fingerprint density at radius 3 is 2.58 bits per heavy atom. The van der Waals surface area contributed by atoms with Crippen molar-refractivity contribution < 1.29 is 18.6 Å². The molecule has 1 aromatic heterocycles. The molecule has 0 radical (unpaired) electrons. The molecule has 0 amide bonds. The Morgan fingerprint density at radius 2 is 1.89 bits per heavy atom. The molecule has 1 saturated heterocycles. The average Bonchev–Trinajstić information content (AvgIpc) is 3.19. The van der Waals surface area contributed by atoms with E-state index in [1.165, 1.54) is 18.6 Å². The van der Waals surface area contributed by atoms with Gasteiger partial charge in [-0.1, -0.05) is 38.5 Å². The van der Waals surface area contributed by atoms with Gasteiger partial charge in [0, 0.05) is 73.1 Å². The number of likely N-dealkylation sites (tertiary alicyclic amines) is 1. The molecule has 0 unspecified atom stereocenters. The van der Waals surface area contributed by atoms with E-state index in [4.69, 9.17) is 4.74 Å². The second-order valence-electron chi connectivity index (χ2n) is 10.7. The molecule has 0 saturated carbocycles. The lowest BCUT2D eigenvalue weighted by Gasteiger charge is -2.42. The number of fused-ring (bicyclic) bond motifs is 3. The van der Waals surface area contributed by atoms with Crippen molar-refractivity contribution in [3.05, 3.63) is 64.9 Å². The molecular weight excluding hydrogens is 460 g/mol. The van der Waals surface area contributed by atoms with Crippen molar-refractivity contribution in [1.29, 1.82) is 0 Å². The summed E-state index contributed by atoms with van der Waals surface area (Å²) >= 11 is 0. The van der Waals surface area contributed by atoms with Crippen LogP contribution in [0.15, 0.2) is 36.4 Å². The van der Waals surface area contributed by atoms with Crippen LogP contribution in [0.4, 0.5) is 8.78 Å². The van der Waals surface area contributed by atoms with Crippen molar-refractivity contribution in [2.45, 2.75) is 45.7 Å². The molecule has 3 heterocycles. The number of rotatable bonds is 9. The highest BCUT2D eigenvalue weighted by atomic mass is 19.1. The summed E-state index contributed by atoms with van der Waals surface area (Å²) in [5.41, 5.74) is 2.93. The van der Waals surface area contributed by atoms with E-state index in [9.17, 15) is 5.11 Å². The molecular formula is C29H37F2N3O2. The Kier molecular flexibility index (Phi) is 7.33. The second kappa shape index (κ2) is 10.5. The van der Waals surface area contributed by atoms with Gasteiger partial charge in [-0.15, -0.1) is 0 Å². The number of hydrogen-bond donors (Lipinski definition) is 2. The Labute approximate surface area is 212 Å². The van der Waals surface area contributed by atoms with Gasteiger partial charge in [0.15, 0.2) is 0 Å². The molecule has 36 heavy (non-hydrogen) atoms. The number of H-pyrrole nitrogens is 1. The predicted octanol–water partition coefficient (Wildman–Crippen LogP) is 5.13. The number of nitrogens with zero attached hydrogens (tertiary/aromatic N) is 2. The van der Waals surface area contributed by atoms with Gasteiger partial charge in [-0.25, -0.2) is 8.78 Å². The number of para-hydroxylation sites is 1. The first-order valence-electron chi connectivity index (χ1n) is 13.2. The second-order valence-corrected chi connectivity index (χ2v) is 10.7. The first-order chi connectivity index (χ1) is 17.4. The topological polar surface area (TPSA) is 51.7 Å². The Balaban J connectivity index is 1.46. The normalized spacial score (nSPS) is 21.9. The summed E-state index contributed by atoms with van der Waals surface area (Å²) in [7, 11) is 0. The summed E-state index contributed by atoms with van der Waals surface area (Å²) in [5.74, 6) is -0.264. The van der Waals surface area contributed by atoms with Gasteiger partial charge in [0.05, 0.1) is 6.04 Å². The van der Waals surface area contributed by atoms with Crippen molar-refractivity contribution in [2.24, 2.45) is 11.8 Å². The van der Waals surface area contributed by atoms with E-state index >= 15 is 8.78 Å². The van der Waals surface area contributed by atoms with Gasteiger partial charge < -0.3 is 14.8 Å². The largest absolute Gasteiger partial charge is 0.492 e. The van der Waals surface area contributed by atoms with Crippen molar-refractivity contribution in [3.8, 4) is 5.75 Å². The van der Waals surface area contributed by atoms with Crippen LogP contribution < -0.4 is 4.74 Å². The molecule has 2 aliphatic heterocycles. The standard InChI is InChI=1S/C29H37F2N3O2/c1-4-20-15-33(16-20)9-10-36-21-12-24(30)27(25(31)13-21)29-28-23(22-7-5-6-8-26(22)32-28)11-19(3)34(29)14-18(2)17-35/h5-8,12-13,18-20,29,32,35H,4,9-11,14-17H2,1-3H3/t18-,19-,29-/m1/s1. The maximum absolute atomic E-state index is 15.7. The number of aromatic nitrogens is 1. The number of nitrogens with one attached hydrogen (secondary N) is 1. The van der Waals surface area contributed by atoms with Crippen molar-refractivity contribution >= 4 is 10.9 Å². The van der Waals surface area contributed by atoms with Gasteiger partial charge in [0.25, 0.3) is 0 Å². The van der Waals surface area contributed by atoms with Crippen LogP contribution in [0, 0.1) is 23.5 Å². The zero-order chi connectivity index (χ0) is 25.4. The molecule has 2 aliphatic rings. The van der Waals surface area contributed by atoms with Crippen LogP contribution >= 0.6 is 0 Å². The van der Waals surface area contributed by atoms with E-state index in [1.807, 2.05) is 25.1 Å². The Hall–Kier alpha value is -2.48. The molecule has 3 atom stereocenters. The zero-order valence-corrected chi connectivity index (χ0v) is 21.4. The minimum Gasteiger partial charge on any atom is -0.492 e. The van der Waals surface area contributed by atoms with Gasteiger partial charge in [-0.2, -0.15) is 0 Å². The summed E-state index contributed by atoms with van der Waals surface area (Å²) in [6.07, 6.45) is 1.95. The molecule has 0 spiro atoms. The van der Waals surface area contributed by atoms with E-state index < -0.39 is 17.7 Å². The fourth-order valence-corrected chi connectivity index (χ4v) is 5.84. The highest BCUT2D eigenvalue weighted by Crippen LogP contribution is 2.43. The number of benzene rings is 2. The van der Waals surface area contributed by atoms with Gasteiger partial charge in [0.1, 0.15) is 24.0 Å². The fraction of sp³-hybridized carbons (Fsp3) is 0.517. The fourth-order valence-electron chi connectivity index (χ4n) is 5.84. The molecule has 0 bridgehead atoms. The number of aliphatic hydroxyl groups is 1. The monoisotopic (exact) mass is 497 g/mol. The lowest BCUT2D eigenvalue weighted by Crippen LogP contribution is -2.47. The summed E-state index contributed by atoms with van der Waals surface area (Å²) in [5, 5.41) is 10.8. The SMILES string of the molecule is CCC1CN(CCOc2cc(F)c([C@@H]3c4[nH]c5ccccc5c4C[C@@H](C)N3C[C@@H](C)CO)c(F)c2)C1. The smallest absolute Gasteiger partial charge is 0.135 e. The average molecular weight is 498 g/mol. The predicted molar refractivity (Wildman–Crippen MR) is 138 cm³/mol. The van der Waals surface area contributed by atoms with E-state index in [0.717, 1.165) is 54.1 Å². The molecule has 2 N–H and O–H groups in total. The highest BCUT2D eigenvalue weighted by molar-refractivity contribution is 5.85. The van der Waals surface area contributed by atoms with Gasteiger partial charge >= 0.3 is 0 Å². The van der Waals surface area contributed by atoms with Crippen molar-refractivity contribution in [3.63, 3.8) is 0 Å². The van der Waals surface area contributed by atoms with E-state index in [1.54, 1.807) is 0 Å². The van der Waals surface area contributed by atoms with Gasteiger partial charge in [-0.3, -0.25) is 9.80 Å². The van der Waals surface area contributed by atoms with Crippen molar-refractivity contribution in [1.82, 2.24) is 14.8 Å². The molecule has 0 aliphatic carbocycles. The van der Waals surface area contributed by atoms with E-state index in [2.05, 4.69) is 34.7 Å². The van der Waals surface area contributed by atoms with Crippen LogP contribution in [0.25, 0.3) is 10.9 Å². The molecule has 2 aromatic carbocycles. The van der Waals surface area contributed by atoms with Crippen LogP contribution in [0.5, 0.6) is 5.75 Å². The summed E-state index contributed by atoms with van der Waals surface area (Å²) in [6, 6.07) is 10.1. The Morgan fingerprint density at radius 1 is 1.17 bits per heavy atom. The molecule has 3 aromatic rings. The zero-order valence-electron chi connectivity index (χ0n) is 21.4. The number of aliphatic hydroxyl groups excluding tert-OH is 1. The summed E-state index contributed by atoms with van der Waals surface area (Å²) in [6.45, 7) is 10.1. The van der Waals surface area contributed by atoms with Crippen LogP contribution in [0.2, 0.25) is 0 Å². The van der Waals surface area contributed by atoms with Gasteiger partial charge in [0.2, 0.25) is 0 Å². The molecule has 194 valence electrons. The Bertz CT molecular complexity index is 1180. The third-order valence-electron chi connectivity index (χ3n) is 7.96. The van der Waals surface area contributed by atoms with Crippen LogP contribution in [-0.2, 0) is 6.42 Å². The number of halogens is 2. The molecule has 1 fully saturated rings. The maximum Gasteiger partial charge on any atom is 0.135 e. The lowest BCUT2D eigenvalue weighted by molar-refractivity contribution is 0.0804. The highest BCUT2D eigenvalue weighted by Gasteiger charge is 2.39. The summed E-state index contributed by atoms with van der Waals surface area (Å²) in [4.78, 5) is 7.89. The first-order valence-corrected chi connectivity index (χ1v) is 13.2. The quantitative estimate of drug-likeness (QED) is 0.430. The minimum atomic E-state index is -0.619. The van der Waals surface area contributed by atoms with Crippen LogP contribution in [-0.4, -0.2) is 65.3 Å². The van der Waals surface area contributed by atoms with Crippen LogP contribution in [0.1, 0.15) is 50.1 Å². The lowest BCUT2D eigenvalue weighted by atomic mass is 9.87. The van der Waals surface area contributed by atoms with E-state index in [0.29, 0.717) is 13.2 Å². The van der Waals surface area contributed by atoms with Crippen molar-refractivity contribution in [2.75, 3.05) is 39.4 Å².